The van der Waals surface area contributed by atoms with E-state index in [2.05, 4.69) is 106 Å². The molecule has 0 N–H and O–H groups in total. The monoisotopic (exact) mass is 933 g/mol. The maximum absolute atomic E-state index is 12.8. The van der Waals surface area contributed by atoms with Gasteiger partial charge in [-0.25, -0.2) is 0 Å². The van der Waals surface area contributed by atoms with E-state index in [0.717, 1.165) is 77.0 Å². The van der Waals surface area contributed by atoms with Crippen molar-refractivity contribution in [2.24, 2.45) is 0 Å². The van der Waals surface area contributed by atoms with E-state index in [4.69, 9.17) is 14.2 Å². The van der Waals surface area contributed by atoms with E-state index in [9.17, 15) is 14.4 Å². The summed E-state index contributed by atoms with van der Waals surface area (Å²) in [5.41, 5.74) is 0. The fourth-order valence-electron chi connectivity index (χ4n) is 7.60. The van der Waals surface area contributed by atoms with Crippen LogP contribution in [0.3, 0.4) is 0 Å². The minimum absolute atomic E-state index is 0.102. The van der Waals surface area contributed by atoms with Crippen molar-refractivity contribution in [3.05, 3.63) is 85.1 Å². The number of ether oxygens (including phenoxy) is 3. The van der Waals surface area contributed by atoms with E-state index < -0.39 is 6.10 Å². The molecule has 0 aliphatic heterocycles. The van der Waals surface area contributed by atoms with Gasteiger partial charge in [0, 0.05) is 19.3 Å². The second-order valence-electron chi connectivity index (χ2n) is 18.5. The van der Waals surface area contributed by atoms with Crippen molar-refractivity contribution < 1.29 is 28.6 Å². The highest BCUT2D eigenvalue weighted by molar-refractivity contribution is 5.71. The molecule has 0 spiro atoms. The fourth-order valence-corrected chi connectivity index (χ4v) is 7.60. The Bertz CT molecular complexity index is 1300. The van der Waals surface area contributed by atoms with Crippen LogP contribution in [0.1, 0.15) is 265 Å². The zero-order chi connectivity index (χ0) is 48.6. The minimum atomic E-state index is -0.807. The third-order valence-corrected chi connectivity index (χ3v) is 11.9. The first kappa shape index (κ1) is 63.6. The van der Waals surface area contributed by atoms with Gasteiger partial charge in [0.2, 0.25) is 0 Å². The smallest absolute Gasteiger partial charge is 0.306 e. The number of allylic oxidation sites excluding steroid dienone is 14. The van der Waals surface area contributed by atoms with Crippen LogP contribution < -0.4 is 0 Å². The molecule has 0 aliphatic rings. The van der Waals surface area contributed by atoms with Crippen LogP contribution in [0.4, 0.5) is 0 Å². The summed E-state index contributed by atoms with van der Waals surface area (Å²) in [5, 5.41) is 0. The third kappa shape index (κ3) is 53.4. The lowest BCUT2D eigenvalue weighted by Crippen LogP contribution is -2.30. The van der Waals surface area contributed by atoms with Crippen LogP contribution in [0.2, 0.25) is 0 Å². The predicted molar refractivity (Wildman–Crippen MR) is 288 cm³/mol. The summed E-state index contributed by atoms with van der Waals surface area (Å²) in [6.07, 6.45) is 71.4. The summed E-state index contributed by atoms with van der Waals surface area (Å²) in [6, 6.07) is 0. The molecule has 0 bridgehead atoms. The van der Waals surface area contributed by atoms with E-state index in [1.807, 2.05) is 0 Å². The van der Waals surface area contributed by atoms with Gasteiger partial charge in [0.05, 0.1) is 0 Å². The van der Waals surface area contributed by atoms with Crippen molar-refractivity contribution in [2.75, 3.05) is 13.2 Å². The third-order valence-electron chi connectivity index (χ3n) is 11.9. The van der Waals surface area contributed by atoms with Gasteiger partial charge in [-0.05, 0) is 109 Å². The van der Waals surface area contributed by atoms with Crippen LogP contribution in [0.25, 0.3) is 0 Å². The summed E-state index contributed by atoms with van der Waals surface area (Å²) < 4.78 is 16.8. The summed E-state index contributed by atoms with van der Waals surface area (Å²) >= 11 is 0. The van der Waals surface area contributed by atoms with Gasteiger partial charge in [-0.2, -0.15) is 0 Å². The highest BCUT2D eigenvalue weighted by Crippen LogP contribution is 2.14. The van der Waals surface area contributed by atoms with Crippen molar-refractivity contribution in [1.29, 1.82) is 0 Å². The van der Waals surface area contributed by atoms with Crippen molar-refractivity contribution in [2.45, 2.75) is 271 Å². The highest BCUT2D eigenvalue weighted by Gasteiger charge is 2.19. The van der Waals surface area contributed by atoms with Gasteiger partial charge >= 0.3 is 17.9 Å². The molecule has 0 aliphatic carbocycles. The zero-order valence-corrected chi connectivity index (χ0v) is 43.9. The van der Waals surface area contributed by atoms with Gasteiger partial charge in [0.25, 0.3) is 0 Å². The molecule has 0 fully saturated rings. The number of rotatable bonds is 50. The SMILES string of the molecule is CCCCC/C=C\C=C/CCCCCCCCC(=O)OCC(COC(=O)CCC/C=C\C/C=C\C/C=C\CCCCCCCC)OC(=O)CCCCCCCCC/C=C\C/C=C\CCCCC. The lowest BCUT2D eigenvalue weighted by molar-refractivity contribution is -0.167. The van der Waals surface area contributed by atoms with Gasteiger partial charge in [-0.1, -0.05) is 221 Å². The van der Waals surface area contributed by atoms with Crippen molar-refractivity contribution in [3.8, 4) is 0 Å². The molecule has 0 saturated heterocycles. The molecule has 0 heterocycles. The Morgan fingerprint density at radius 1 is 0.313 bits per heavy atom. The fraction of sp³-hybridized carbons (Fsp3) is 0.721. The number of esters is 3. The van der Waals surface area contributed by atoms with E-state index in [0.29, 0.717) is 19.3 Å². The topological polar surface area (TPSA) is 78.9 Å². The van der Waals surface area contributed by atoms with Crippen LogP contribution in [-0.2, 0) is 28.6 Å². The molecular formula is C61H104O6. The molecule has 0 aromatic carbocycles. The summed E-state index contributed by atoms with van der Waals surface area (Å²) in [6.45, 7) is 6.52. The Hall–Kier alpha value is -3.41. The number of unbranched alkanes of at least 4 members (excludes halogenated alkanes) is 26. The molecule has 0 radical (unpaired) electrons. The zero-order valence-electron chi connectivity index (χ0n) is 43.9. The molecule has 0 aromatic rings. The van der Waals surface area contributed by atoms with E-state index >= 15 is 0 Å². The Labute approximate surface area is 414 Å². The number of carbonyl (C=O) groups is 3. The van der Waals surface area contributed by atoms with Crippen LogP contribution in [0.15, 0.2) is 85.1 Å². The van der Waals surface area contributed by atoms with Crippen LogP contribution in [0.5, 0.6) is 0 Å². The highest BCUT2D eigenvalue weighted by atomic mass is 16.6. The molecule has 0 rings (SSSR count). The van der Waals surface area contributed by atoms with Gasteiger partial charge in [0.1, 0.15) is 13.2 Å². The van der Waals surface area contributed by atoms with E-state index in [-0.39, 0.29) is 37.5 Å². The van der Waals surface area contributed by atoms with Crippen LogP contribution in [-0.4, -0.2) is 37.2 Å². The summed E-state index contributed by atoms with van der Waals surface area (Å²) in [7, 11) is 0. The Morgan fingerprint density at radius 2 is 0.597 bits per heavy atom. The maximum Gasteiger partial charge on any atom is 0.306 e. The Balaban J connectivity index is 4.49. The Morgan fingerprint density at radius 3 is 1.01 bits per heavy atom. The average molecular weight is 933 g/mol. The first-order valence-corrected chi connectivity index (χ1v) is 28.1. The van der Waals surface area contributed by atoms with E-state index in [1.165, 1.54) is 141 Å². The molecule has 67 heavy (non-hydrogen) atoms. The van der Waals surface area contributed by atoms with Crippen molar-refractivity contribution in [3.63, 3.8) is 0 Å². The lowest BCUT2D eigenvalue weighted by Gasteiger charge is -2.18. The number of carbonyl (C=O) groups excluding carboxylic acids is 3. The molecular weight excluding hydrogens is 829 g/mol. The summed E-state index contributed by atoms with van der Waals surface area (Å²) in [5.74, 6) is -0.971. The van der Waals surface area contributed by atoms with Gasteiger partial charge < -0.3 is 14.2 Å². The van der Waals surface area contributed by atoms with Gasteiger partial charge in [-0.3, -0.25) is 14.4 Å². The number of hydrogen-bond acceptors (Lipinski definition) is 6. The lowest BCUT2D eigenvalue weighted by atomic mass is 10.1. The van der Waals surface area contributed by atoms with E-state index in [1.54, 1.807) is 0 Å². The second-order valence-corrected chi connectivity index (χ2v) is 18.5. The first-order chi connectivity index (χ1) is 33.0. The maximum atomic E-state index is 12.8. The standard InChI is InChI=1S/C61H104O6/c1-4-7-10-13-16-19-22-25-28-30-33-36-39-42-45-48-51-54-60(63)66-57-58(56-65-59(62)53-50-47-44-41-38-35-32-27-24-21-18-15-12-9-6-3)67-61(64)55-52-49-46-43-40-37-34-31-29-26-23-20-17-14-11-8-5-2/h17-18,20-21,24-29,33,36,42,45,58H,4-16,19,22-23,30-32,34-35,37-41,43-44,46-57H2,1-3H3/b20-17-,21-18-,27-24-,28-25-,29-26-,36-33-,45-42-. The van der Waals surface area contributed by atoms with Crippen molar-refractivity contribution in [1.82, 2.24) is 0 Å². The van der Waals surface area contributed by atoms with Crippen molar-refractivity contribution >= 4 is 17.9 Å². The molecule has 6 nitrogen and oxygen atoms in total. The predicted octanol–water partition coefficient (Wildman–Crippen LogP) is 18.8. The molecule has 6 heteroatoms. The first-order valence-electron chi connectivity index (χ1n) is 28.1. The van der Waals surface area contributed by atoms with Crippen LogP contribution >= 0.6 is 0 Å². The minimum Gasteiger partial charge on any atom is -0.462 e. The van der Waals surface area contributed by atoms with Gasteiger partial charge in [-0.15, -0.1) is 0 Å². The molecule has 384 valence electrons. The van der Waals surface area contributed by atoms with Crippen LogP contribution in [0, 0.1) is 0 Å². The second kappa shape index (κ2) is 55.2. The molecule has 1 unspecified atom stereocenters. The largest absolute Gasteiger partial charge is 0.462 e. The molecule has 1 atom stereocenters. The molecule has 0 saturated carbocycles. The Kier molecular flexibility index (Phi) is 52.4. The molecule has 0 aromatic heterocycles. The number of hydrogen-bond donors (Lipinski definition) is 0. The summed E-state index contributed by atoms with van der Waals surface area (Å²) in [4.78, 5) is 38.1. The molecule has 0 amide bonds. The average Bonchev–Trinajstić information content (AvgIpc) is 3.33. The normalized spacial score (nSPS) is 12.7. The quantitative estimate of drug-likeness (QED) is 0.0199. The van der Waals surface area contributed by atoms with Gasteiger partial charge in [0.15, 0.2) is 6.10 Å².